The third-order valence-electron chi connectivity index (χ3n) is 2.26. The summed E-state index contributed by atoms with van der Waals surface area (Å²) in [6.45, 7) is 1.89. The number of esters is 1. The van der Waals surface area contributed by atoms with Gasteiger partial charge < -0.3 is 21.1 Å². The lowest BCUT2D eigenvalue weighted by Crippen LogP contribution is -2.46. The molecule has 0 spiro atoms. The molecule has 104 valence electrons. The quantitative estimate of drug-likeness (QED) is 0.379. The monoisotopic (exact) mass is 259 g/mol. The van der Waals surface area contributed by atoms with Crippen LogP contribution in [0.4, 0.5) is 0 Å². The van der Waals surface area contributed by atoms with Crippen LogP contribution in [0.15, 0.2) is 0 Å². The predicted octanol–water partition coefficient (Wildman–Crippen LogP) is -1.09. The summed E-state index contributed by atoms with van der Waals surface area (Å²) >= 11 is 0. The van der Waals surface area contributed by atoms with Crippen molar-refractivity contribution in [3.8, 4) is 0 Å². The molecule has 0 aromatic heterocycles. The summed E-state index contributed by atoms with van der Waals surface area (Å²) in [5, 5.41) is 4.89. The van der Waals surface area contributed by atoms with E-state index in [0.717, 1.165) is 6.42 Å². The molecular weight excluding hydrogens is 238 g/mol. The zero-order valence-corrected chi connectivity index (χ0v) is 10.8. The number of carbonyl (C=O) groups is 3. The highest BCUT2D eigenvalue weighted by Gasteiger charge is 2.15. The number of rotatable bonds is 8. The molecule has 4 N–H and O–H groups in total. The maximum Gasteiger partial charge on any atom is 0.325 e. The van der Waals surface area contributed by atoms with Crippen LogP contribution in [0.2, 0.25) is 0 Å². The van der Waals surface area contributed by atoms with Crippen molar-refractivity contribution in [3.63, 3.8) is 0 Å². The Bertz CT molecular complexity index is 294. The van der Waals surface area contributed by atoms with Crippen molar-refractivity contribution in [2.45, 2.75) is 32.2 Å². The van der Waals surface area contributed by atoms with E-state index in [1.807, 2.05) is 0 Å². The third kappa shape index (κ3) is 7.61. The number of unbranched alkanes of at least 4 members (excludes halogenated alkanes) is 1. The van der Waals surface area contributed by atoms with Gasteiger partial charge in [-0.05, 0) is 26.3 Å². The van der Waals surface area contributed by atoms with Gasteiger partial charge in [0.2, 0.25) is 11.8 Å². The van der Waals surface area contributed by atoms with Crippen LogP contribution < -0.4 is 16.4 Å². The number of hydrogen-bond acceptors (Lipinski definition) is 5. The third-order valence-corrected chi connectivity index (χ3v) is 2.26. The van der Waals surface area contributed by atoms with Crippen molar-refractivity contribution in [1.29, 1.82) is 0 Å². The fourth-order valence-corrected chi connectivity index (χ4v) is 1.19. The van der Waals surface area contributed by atoms with Gasteiger partial charge in [-0.3, -0.25) is 14.4 Å². The van der Waals surface area contributed by atoms with Crippen LogP contribution in [0.5, 0.6) is 0 Å². The van der Waals surface area contributed by atoms with Crippen molar-refractivity contribution in [3.05, 3.63) is 0 Å². The molecule has 0 aliphatic rings. The van der Waals surface area contributed by atoms with Crippen molar-refractivity contribution in [2.24, 2.45) is 5.73 Å². The Morgan fingerprint density at radius 3 is 2.50 bits per heavy atom. The topological polar surface area (TPSA) is 111 Å². The maximum atomic E-state index is 11.5. The molecule has 7 nitrogen and oxygen atoms in total. The lowest BCUT2D eigenvalue weighted by atomic mass is 10.2. The van der Waals surface area contributed by atoms with Crippen molar-refractivity contribution >= 4 is 17.8 Å². The first-order valence-electron chi connectivity index (χ1n) is 5.85. The number of amides is 2. The van der Waals surface area contributed by atoms with E-state index in [-0.39, 0.29) is 12.5 Å². The average molecular weight is 259 g/mol. The summed E-state index contributed by atoms with van der Waals surface area (Å²) in [4.78, 5) is 33.7. The van der Waals surface area contributed by atoms with Gasteiger partial charge in [0.15, 0.2) is 0 Å². The van der Waals surface area contributed by atoms with Crippen molar-refractivity contribution < 1.29 is 19.1 Å². The molecule has 1 atom stereocenters. The van der Waals surface area contributed by atoms with E-state index < -0.39 is 17.9 Å². The van der Waals surface area contributed by atoms with Gasteiger partial charge in [0.1, 0.15) is 12.6 Å². The molecule has 0 fully saturated rings. The van der Waals surface area contributed by atoms with Crippen LogP contribution >= 0.6 is 0 Å². The molecule has 1 unspecified atom stereocenters. The molecule has 0 radical (unpaired) electrons. The van der Waals surface area contributed by atoms with E-state index in [1.165, 1.54) is 7.11 Å². The first-order chi connectivity index (χ1) is 8.51. The number of nitrogens with two attached hydrogens (primary N) is 1. The smallest absolute Gasteiger partial charge is 0.325 e. The van der Waals surface area contributed by atoms with Gasteiger partial charge >= 0.3 is 5.97 Å². The highest BCUT2D eigenvalue weighted by molar-refractivity contribution is 5.89. The molecule has 0 saturated heterocycles. The number of methoxy groups -OCH3 is 1. The minimum Gasteiger partial charge on any atom is -0.468 e. The second-order valence-corrected chi connectivity index (χ2v) is 3.83. The zero-order chi connectivity index (χ0) is 14.0. The molecule has 0 saturated carbocycles. The molecule has 7 heteroatoms. The fraction of sp³-hybridized carbons (Fsp3) is 0.727. The number of ether oxygens (including phenoxy) is 1. The zero-order valence-electron chi connectivity index (χ0n) is 10.8. The number of nitrogens with one attached hydrogen (secondary N) is 2. The van der Waals surface area contributed by atoms with Crippen LogP contribution in [0.3, 0.4) is 0 Å². The van der Waals surface area contributed by atoms with E-state index in [9.17, 15) is 14.4 Å². The molecule has 18 heavy (non-hydrogen) atoms. The Kier molecular flexibility index (Phi) is 8.55. The van der Waals surface area contributed by atoms with Gasteiger partial charge in [-0.15, -0.1) is 0 Å². The summed E-state index contributed by atoms with van der Waals surface area (Å²) in [6.07, 6.45) is 1.81. The molecule has 0 bridgehead atoms. The SMILES string of the molecule is COC(=O)CNC(=O)C(C)NC(=O)CCCCN. The van der Waals surface area contributed by atoms with Crippen LogP contribution in [0, 0.1) is 0 Å². The molecule has 0 aliphatic carbocycles. The Hall–Kier alpha value is -1.63. The fourth-order valence-electron chi connectivity index (χ4n) is 1.19. The molecule has 0 heterocycles. The molecule has 2 amide bonds. The highest BCUT2D eigenvalue weighted by Crippen LogP contribution is 1.94. The van der Waals surface area contributed by atoms with Gasteiger partial charge in [-0.2, -0.15) is 0 Å². The summed E-state index contributed by atoms with van der Waals surface area (Å²) < 4.78 is 4.37. The molecular formula is C11H21N3O4. The second kappa shape index (κ2) is 9.41. The molecule has 0 aromatic rings. The van der Waals surface area contributed by atoms with Crippen LogP contribution in [0.1, 0.15) is 26.2 Å². The Morgan fingerprint density at radius 1 is 1.28 bits per heavy atom. The van der Waals surface area contributed by atoms with Crippen LogP contribution in [-0.4, -0.2) is 44.0 Å². The maximum absolute atomic E-state index is 11.5. The largest absolute Gasteiger partial charge is 0.468 e. The number of hydrogen-bond donors (Lipinski definition) is 3. The van der Waals surface area contributed by atoms with E-state index in [4.69, 9.17) is 5.73 Å². The van der Waals surface area contributed by atoms with Crippen molar-refractivity contribution in [2.75, 3.05) is 20.2 Å². The van der Waals surface area contributed by atoms with Gasteiger partial charge in [0.25, 0.3) is 0 Å². The van der Waals surface area contributed by atoms with E-state index >= 15 is 0 Å². The summed E-state index contributed by atoms with van der Waals surface area (Å²) in [6, 6.07) is -0.681. The summed E-state index contributed by atoms with van der Waals surface area (Å²) in [5.41, 5.74) is 5.31. The summed E-state index contributed by atoms with van der Waals surface area (Å²) in [7, 11) is 1.23. The van der Waals surface area contributed by atoms with Gasteiger partial charge in [-0.25, -0.2) is 0 Å². The van der Waals surface area contributed by atoms with Crippen LogP contribution in [-0.2, 0) is 19.1 Å². The molecule has 0 aromatic carbocycles. The Morgan fingerprint density at radius 2 is 1.94 bits per heavy atom. The average Bonchev–Trinajstić information content (AvgIpc) is 2.35. The normalized spacial score (nSPS) is 11.5. The molecule has 0 aliphatic heterocycles. The van der Waals surface area contributed by atoms with Gasteiger partial charge in [-0.1, -0.05) is 0 Å². The Balaban J connectivity index is 3.85. The summed E-state index contributed by atoms with van der Waals surface area (Å²) in [5.74, 6) is -1.17. The van der Waals surface area contributed by atoms with E-state index in [2.05, 4.69) is 15.4 Å². The van der Waals surface area contributed by atoms with Crippen LogP contribution in [0.25, 0.3) is 0 Å². The minimum atomic E-state index is -0.681. The molecule has 0 rings (SSSR count). The van der Waals surface area contributed by atoms with E-state index in [1.54, 1.807) is 6.92 Å². The van der Waals surface area contributed by atoms with E-state index in [0.29, 0.717) is 19.4 Å². The first-order valence-corrected chi connectivity index (χ1v) is 5.85. The standard InChI is InChI=1S/C11H21N3O4/c1-8(11(17)13-7-10(16)18-2)14-9(15)5-3-4-6-12/h8H,3-7,12H2,1-2H3,(H,13,17)(H,14,15). The van der Waals surface area contributed by atoms with Crippen molar-refractivity contribution in [1.82, 2.24) is 10.6 Å². The van der Waals surface area contributed by atoms with Gasteiger partial charge in [0.05, 0.1) is 7.11 Å². The second-order valence-electron chi connectivity index (χ2n) is 3.83. The number of carbonyl (C=O) groups excluding carboxylic acids is 3. The minimum absolute atomic E-state index is 0.204. The highest BCUT2D eigenvalue weighted by atomic mass is 16.5. The predicted molar refractivity (Wildman–Crippen MR) is 65.5 cm³/mol. The van der Waals surface area contributed by atoms with Gasteiger partial charge in [0, 0.05) is 6.42 Å². The first kappa shape index (κ1) is 16.4. The lowest BCUT2D eigenvalue weighted by molar-refractivity contribution is -0.141. The lowest BCUT2D eigenvalue weighted by Gasteiger charge is -2.13. The Labute approximate surface area is 106 Å².